The number of hydrogen-bond donors (Lipinski definition) is 1. The lowest BCUT2D eigenvalue weighted by Crippen LogP contribution is -2.46. The molecule has 1 amide bonds. The number of ketones is 1. The van der Waals surface area contributed by atoms with Gasteiger partial charge in [-0.05, 0) is 18.1 Å². The van der Waals surface area contributed by atoms with Gasteiger partial charge in [0.1, 0.15) is 11.3 Å². The number of hydrogen-bond acceptors (Lipinski definition) is 5. The van der Waals surface area contributed by atoms with Gasteiger partial charge in [0.15, 0.2) is 0 Å². The highest BCUT2D eigenvalue weighted by Gasteiger charge is 2.58. The van der Waals surface area contributed by atoms with Gasteiger partial charge >= 0.3 is 5.97 Å². The Morgan fingerprint density at radius 3 is 2.03 bits per heavy atom. The zero-order valence-corrected chi connectivity index (χ0v) is 18.8. The van der Waals surface area contributed by atoms with Gasteiger partial charge in [-0.2, -0.15) is 0 Å². The summed E-state index contributed by atoms with van der Waals surface area (Å²) < 4.78 is 5.26. The molecule has 1 aliphatic heterocycles. The summed E-state index contributed by atoms with van der Waals surface area (Å²) in [5.41, 5.74) is 0.0319. The van der Waals surface area contributed by atoms with Gasteiger partial charge in [0, 0.05) is 12.1 Å². The Morgan fingerprint density at radius 1 is 0.882 bits per heavy atom. The van der Waals surface area contributed by atoms with Crippen molar-refractivity contribution in [1.82, 2.24) is 4.90 Å². The van der Waals surface area contributed by atoms with Crippen LogP contribution in [0.3, 0.4) is 0 Å². The van der Waals surface area contributed by atoms with Crippen LogP contribution in [0.5, 0.6) is 0 Å². The van der Waals surface area contributed by atoms with Gasteiger partial charge in [-0.15, -0.1) is 0 Å². The molecule has 1 N–H and O–H groups in total. The third-order valence-corrected chi connectivity index (χ3v) is 5.97. The summed E-state index contributed by atoms with van der Waals surface area (Å²) >= 11 is 0. The average molecular weight is 456 g/mol. The molecular weight excluding hydrogens is 430 g/mol. The van der Waals surface area contributed by atoms with Crippen LogP contribution in [0.2, 0.25) is 0 Å². The van der Waals surface area contributed by atoms with Crippen LogP contribution in [-0.2, 0) is 31.2 Å². The summed E-state index contributed by atoms with van der Waals surface area (Å²) in [6.07, 6.45) is -0.318. The minimum Gasteiger partial charge on any atom is -0.507 e. The van der Waals surface area contributed by atoms with E-state index in [9.17, 15) is 19.5 Å². The number of ether oxygens (including phenoxy) is 1. The lowest BCUT2D eigenvalue weighted by Gasteiger charge is -2.38. The molecule has 0 aliphatic carbocycles. The zero-order valence-electron chi connectivity index (χ0n) is 18.8. The van der Waals surface area contributed by atoms with Crippen LogP contribution in [0.25, 0.3) is 5.76 Å². The summed E-state index contributed by atoms with van der Waals surface area (Å²) in [5, 5.41) is 11.4. The molecule has 1 saturated heterocycles. The summed E-state index contributed by atoms with van der Waals surface area (Å²) in [6.45, 7) is 1.91. The van der Waals surface area contributed by atoms with E-state index in [2.05, 4.69) is 0 Å². The highest BCUT2D eigenvalue weighted by atomic mass is 16.5. The number of amides is 1. The first-order valence-electron chi connectivity index (χ1n) is 11.1. The lowest BCUT2D eigenvalue weighted by molar-refractivity contribution is -0.148. The predicted molar refractivity (Wildman–Crippen MR) is 127 cm³/mol. The van der Waals surface area contributed by atoms with E-state index in [1.807, 2.05) is 36.4 Å². The predicted octanol–water partition coefficient (Wildman–Crippen LogP) is 4.42. The van der Waals surface area contributed by atoms with Crippen LogP contribution in [0.1, 0.15) is 30.0 Å². The maximum atomic E-state index is 13.5. The molecule has 6 nitrogen and oxygen atoms in total. The summed E-state index contributed by atoms with van der Waals surface area (Å²) in [4.78, 5) is 41.2. The van der Waals surface area contributed by atoms with Crippen LogP contribution in [0.4, 0.5) is 0 Å². The second-order valence-corrected chi connectivity index (χ2v) is 8.00. The highest BCUT2D eigenvalue weighted by Crippen LogP contribution is 2.48. The molecule has 3 aromatic rings. The van der Waals surface area contributed by atoms with Crippen molar-refractivity contribution in [3.05, 3.63) is 113 Å². The Hall–Kier alpha value is -4.19. The number of aliphatic hydroxyl groups is 1. The first-order chi connectivity index (χ1) is 16.5. The molecule has 0 radical (unpaired) electrons. The minimum atomic E-state index is -1.54. The molecule has 6 heteroatoms. The molecular formula is C28H25NO5. The molecule has 0 saturated carbocycles. The van der Waals surface area contributed by atoms with E-state index in [4.69, 9.17) is 4.74 Å². The zero-order chi connectivity index (χ0) is 24.1. The van der Waals surface area contributed by atoms with Gasteiger partial charge in [0.2, 0.25) is 0 Å². The second-order valence-electron chi connectivity index (χ2n) is 8.00. The Balaban J connectivity index is 2.01. The third-order valence-electron chi connectivity index (χ3n) is 5.97. The van der Waals surface area contributed by atoms with Crippen LogP contribution in [0, 0.1) is 0 Å². The van der Waals surface area contributed by atoms with Crippen LogP contribution < -0.4 is 0 Å². The van der Waals surface area contributed by atoms with E-state index in [0.717, 1.165) is 5.56 Å². The van der Waals surface area contributed by atoms with Crippen molar-refractivity contribution in [2.45, 2.75) is 25.4 Å². The topological polar surface area (TPSA) is 83.9 Å². The summed E-state index contributed by atoms with van der Waals surface area (Å²) in [6, 6.07) is 26.6. The molecule has 34 heavy (non-hydrogen) atoms. The van der Waals surface area contributed by atoms with Crippen molar-refractivity contribution in [3.8, 4) is 0 Å². The lowest BCUT2D eigenvalue weighted by atomic mass is 9.78. The van der Waals surface area contributed by atoms with E-state index in [1.54, 1.807) is 61.5 Å². The van der Waals surface area contributed by atoms with E-state index in [0.29, 0.717) is 11.1 Å². The quantitative estimate of drug-likeness (QED) is 0.247. The SMILES string of the molecule is CCOC(=O)CC1(c2ccccc2)/C(=C(/O)c2ccccc2)C(=O)C(=O)N1Cc1ccccc1. The number of likely N-dealkylation sites (tertiary alicyclic amines) is 1. The van der Waals surface area contributed by atoms with Gasteiger partial charge in [-0.25, -0.2) is 0 Å². The fourth-order valence-corrected chi connectivity index (χ4v) is 4.46. The third kappa shape index (κ3) is 4.10. The number of Topliss-reactive ketones (excluding diaryl/α,β-unsaturated/α-hetero) is 1. The van der Waals surface area contributed by atoms with Crippen molar-refractivity contribution in [2.75, 3.05) is 6.61 Å². The van der Waals surface area contributed by atoms with Gasteiger partial charge in [-0.3, -0.25) is 14.4 Å². The highest BCUT2D eigenvalue weighted by molar-refractivity contribution is 6.47. The molecule has 1 heterocycles. The molecule has 1 aliphatic rings. The number of carbonyl (C=O) groups is 3. The van der Waals surface area contributed by atoms with Crippen LogP contribution >= 0.6 is 0 Å². The van der Waals surface area contributed by atoms with E-state index >= 15 is 0 Å². The number of benzene rings is 3. The molecule has 3 aromatic carbocycles. The maximum Gasteiger partial charge on any atom is 0.308 e. The van der Waals surface area contributed by atoms with Crippen molar-refractivity contribution < 1.29 is 24.2 Å². The molecule has 0 aromatic heterocycles. The smallest absolute Gasteiger partial charge is 0.308 e. The summed E-state index contributed by atoms with van der Waals surface area (Å²) in [7, 11) is 0. The maximum absolute atomic E-state index is 13.5. The van der Waals surface area contributed by atoms with Crippen LogP contribution in [0.15, 0.2) is 96.6 Å². The van der Waals surface area contributed by atoms with E-state index < -0.39 is 23.2 Å². The molecule has 0 spiro atoms. The Bertz CT molecular complexity index is 1220. The fourth-order valence-electron chi connectivity index (χ4n) is 4.46. The summed E-state index contributed by atoms with van der Waals surface area (Å²) in [5.74, 6) is -2.53. The minimum absolute atomic E-state index is 0.0747. The number of rotatable bonds is 7. The van der Waals surface area contributed by atoms with Gasteiger partial charge < -0.3 is 14.7 Å². The van der Waals surface area contributed by atoms with E-state index in [1.165, 1.54) is 4.90 Å². The Kier molecular flexibility index (Phi) is 6.59. The van der Waals surface area contributed by atoms with Crippen molar-refractivity contribution in [3.63, 3.8) is 0 Å². The van der Waals surface area contributed by atoms with Gasteiger partial charge in [0.25, 0.3) is 11.7 Å². The van der Waals surface area contributed by atoms with Crippen LogP contribution in [-0.4, -0.2) is 34.3 Å². The van der Waals surface area contributed by atoms with Crippen molar-refractivity contribution >= 4 is 23.4 Å². The van der Waals surface area contributed by atoms with Gasteiger partial charge in [0.05, 0.1) is 18.6 Å². The average Bonchev–Trinajstić information content (AvgIpc) is 3.07. The number of carbonyl (C=O) groups excluding carboxylic acids is 3. The largest absolute Gasteiger partial charge is 0.507 e. The monoisotopic (exact) mass is 455 g/mol. The number of esters is 1. The molecule has 172 valence electrons. The van der Waals surface area contributed by atoms with Gasteiger partial charge in [-0.1, -0.05) is 91.0 Å². The number of aliphatic hydroxyl groups excluding tert-OH is 1. The second kappa shape index (κ2) is 9.75. The Labute approximate surface area is 198 Å². The van der Waals surface area contributed by atoms with Crippen molar-refractivity contribution in [1.29, 1.82) is 0 Å². The molecule has 1 fully saturated rings. The Morgan fingerprint density at radius 2 is 1.44 bits per heavy atom. The molecule has 1 unspecified atom stereocenters. The van der Waals surface area contributed by atoms with Crippen molar-refractivity contribution in [2.24, 2.45) is 0 Å². The fraction of sp³-hybridized carbons (Fsp3) is 0.179. The first kappa shape index (κ1) is 23.0. The first-order valence-corrected chi connectivity index (χ1v) is 11.1. The molecule has 0 bridgehead atoms. The molecule has 4 rings (SSSR count). The standard InChI is InChI=1S/C28H25NO5/c1-2-34-23(30)18-28(22-16-10-5-11-17-22)24(25(31)21-14-8-4-9-15-21)26(32)27(33)29(28)19-20-12-6-3-7-13-20/h3-17,31H,2,18-19H2,1H3/b25-24+. The van der Waals surface area contributed by atoms with E-state index in [-0.39, 0.29) is 30.9 Å². The number of nitrogens with zero attached hydrogens (tertiary/aromatic N) is 1. The normalized spacial score (nSPS) is 19.3. The molecule has 1 atom stereocenters.